The molecule has 0 saturated carbocycles. The number of likely N-dealkylation sites (tertiary alicyclic amines) is 1. The quantitative estimate of drug-likeness (QED) is 0.718. The van der Waals surface area contributed by atoms with Gasteiger partial charge in [-0.2, -0.15) is 0 Å². The van der Waals surface area contributed by atoms with Crippen LogP contribution in [0.3, 0.4) is 0 Å². The summed E-state index contributed by atoms with van der Waals surface area (Å²) in [7, 11) is 0. The van der Waals surface area contributed by atoms with Crippen molar-refractivity contribution in [1.29, 1.82) is 0 Å². The summed E-state index contributed by atoms with van der Waals surface area (Å²) in [5, 5.41) is 2.96. The van der Waals surface area contributed by atoms with Gasteiger partial charge in [0.2, 0.25) is 11.8 Å². The van der Waals surface area contributed by atoms with Gasteiger partial charge in [0, 0.05) is 44.9 Å². The second kappa shape index (κ2) is 7.84. The van der Waals surface area contributed by atoms with Crippen LogP contribution in [0.15, 0.2) is 54.9 Å². The first-order chi connectivity index (χ1) is 13.6. The fourth-order valence-electron chi connectivity index (χ4n) is 3.58. The molecule has 1 saturated heterocycles. The standard InChI is InChI=1S/C22H24N4O2/c1-16-5-7-17(8-6-16)13-26-14-18(12-21(26)27)22(28)23-10-9-19-15-25-11-3-2-4-20(25)24-19/h2-8,11,15,18H,9-10,12-14H2,1H3,(H,23,28). The lowest BCUT2D eigenvalue weighted by molar-refractivity contribution is -0.129. The lowest BCUT2D eigenvalue weighted by atomic mass is 10.1. The van der Waals surface area contributed by atoms with Crippen molar-refractivity contribution >= 4 is 17.5 Å². The number of amides is 2. The molecule has 4 rings (SSSR count). The van der Waals surface area contributed by atoms with E-state index >= 15 is 0 Å². The molecule has 6 nitrogen and oxygen atoms in total. The van der Waals surface area contributed by atoms with E-state index < -0.39 is 0 Å². The van der Waals surface area contributed by atoms with Crippen LogP contribution in [0.25, 0.3) is 5.65 Å². The third-order valence-electron chi connectivity index (χ3n) is 5.17. The van der Waals surface area contributed by atoms with Crippen LogP contribution in [-0.2, 0) is 22.6 Å². The number of rotatable bonds is 6. The Kier molecular flexibility index (Phi) is 5.10. The normalized spacial score (nSPS) is 16.7. The molecule has 6 heteroatoms. The largest absolute Gasteiger partial charge is 0.355 e. The number of imidazole rings is 1. The number of pyridine rings is 1. The predicted octanol–water partition coefficient (Wildman–Crippen LogP) is 2.35. The highest BCUT2D eigenvalue weighted by molar-refractivity contribution is 5.89. The first-order valence-electron chi connectivity index (χ1n) is 9.62. The minimum Gasteiger partial charge on any atom is -0.355 e. The van der Waals surface area contributed by atoms with Crippen LogP contribution in [0, 0.1) is 12.8 Å². The Hall–Kier alpha value is -3.15. The zero-order valence-electron chi connectivity index (χ0n) is 16.0. The molecule has 1 unspecified atom stereocenters. The van der Waals surface area contributed by atoms with Crippen molar-refractivity contribution in [2.75, 3.05) is 13.1 Å². The number of fused-ring (bicyclic) bond motifs is 1. The highest BCUT2D eigenvalue weighted by atomic mass is 16.2. The van der Waals surface area contributed by atoms with Crippen molar-refractivity contribution in [3.8, 4) is 0 Å². The molecule has 3 aromatic rings. The smallest absolute Gasteiger partial charge is 0.225 e. The number of aryl methyl sites for hydroxylation is 1. The molecule has 1 atom stereocenters. The molecule has 0 radical (unpaired) electrons. The second-order valence-electron chi connectivity index (χ2n) is 7.40. The summed E-state index contributed by atoms with van der Waals surface area (Å²) >= 11 is 0. The van der Waals surface area contributed by atoms with E-state index in [2.05, 4.69) is 10.3 Å². The summed E-state index contributed by atoms with van der Waals surface area (Å²) in [5.41, 5.74) is 4.12. The highest BCUT2D eigenvalue weighted by Crippen LogP contribution is 2.20. The number of benzene rings is 1. The molecule has 2 aromatic heterocycles. The van der Waals surface area contributed by atoms with E-state index in [1.165, 1.54) is 5.56 Å². The maximum absolute atomic E-state index is 12.5. The highest BCUT2D eigenvalue weighted by Gasteiger charge is 2.34. The van der Waals surface area contributed by atoms with Gasteiger partial charge in [-0.1, -0.05) is 35.9 Å². The molecule has 1 aromatic carbocycles. The average Bonchev–Trinajstić information content (AvgIpc) is 3.27. The molecule has 1 fully saturated rings. The van der Waals surface area contributed by atoms with E-state index in [9.17, 15) is 9.59 Å². The monoisotopic (exact) mass is 376 g/mol. The van der Waals surface area contributed by atoms with Crippen molar-refractivity contribution in [1.82, 2.24) is 19.6 Å². The molecule has 3 heterocycles. The van der Waals surface area contributed by atoms with Crippen LogP contribution < -0.4 is 5.32 Å². The minimum absolute atomic E-state index is 0.0427. The summed E-state index contributed by atoms with van der Waals surface area (Å²) in [4.78, 5) is 31.1. The topological polar surface area (TPSA) is 66.7 Å². The Morgan fingerprint density at radius 2 is 2.04 bits per heavy atom. The maximum atomic E-state index is 12.5. The third kappa shape index (κ3) is 4.06. The molecule has 1 aliphatic rings. The van der Waals surface area contributed by atoms with E-state index in [0.29, 0.717) is 26.1 Å². The van der Waals surface area contributed by atoms with Crippen LogP contribution >= 0.6 is 0 Å². The predicted molar refractivity (Wildman–Crippen MR) is 107 cm³/mol. The van der Waals surface area contributed by atoms with Gasteiger partial charge in [-0.25, -0.2) is 4.98 Å². The molecule has 28 heavy (non-hydrogen) atoms. The molecule has 0 spiro atoms. The number of hydrogen-bond acceptors (Lipinski definition) is 3. The maximum Gasteiger partial charge on any atom is 0.225 e. The van der Waals surface area contributed by atoms with Gasteiger partial charge in [-0.3, -0.25) is 9.59 Å². The van der Waals surface area contributed by atoms with E-state index in [1.807, 2.05) is 66.2 Å². The van der Waals surface area contributed by atoms with Crippen molar-refractivity contribution in [3.05, 3.63) is 71.7 Å². The zero-order chi connectivity index (χ0) is 19.5. The molecule has 1 aliphatic heterocycles. The SMILES string of the molecule is Cc1ccc(CN2CC(C(=O)NCCc3cn4ccccc4n3)CC2=O)cc1. The van der Waals surface area contributed by atoms with E-state index in [1.54, 1.807) is 4.90 Å². The van der Waals surface area contributed by atoms with Crippen LogP contribution in [0.2, 0.25) is 0 Å². The Balaban J connectivity index is 1.27. The summed E-state index contributed by atoms with van der Waals surface area (Å²) in [6.45, 7) is 3.60. The van der Waals surface area contributed by atoms with Crippen LogP contribution in [-0.4, -0.2) is 39.2 Å². The Labute approximate surface area is 164 Å². The fraction of sp³-hybridized carbons (Fsp3) is 0.318. The van der Waals surface area contributed by atoms with Gasteiger partial charge in [-0.05, 0) is 24.6 Å². The lowest BCUT2D eigenvalue weighted by Gasteiger charge is -2.17. The number of carbonyl (C=O) groups is 2. The van der Waals surface area contributed by atoms with Crippen molar-refractivity contribution in [3.63, 3.8) is 0 Å². The Morgan fingerprint density at radius 3 is 2.82 bits per heavy atom. The van der Waals surface area contributed by atoms with E-state index in [4.69, 9.17) is 0 Å². The summed E-state index contributed by atoms with van der Waals surface area (Å²) in [6, 6.07) is 14.0. The molecular weight excluding hydrogens is 352 g/mol. The van der Waals surface area contributed by atoms with Gasteiger partial charge in [-0.15, -0.1) is 0 Å². The Bertz CT molecular complexity index is 960. The van der Waals surface area contributed by atoms with Crippen molar-refractivity contribution < 1.29 is 9.59 Å². The minimum atomic E-state index is -0.279. The number of nitrogens with zero attached hydrogens (tertiary/aromatic N) is 3. The zero-order valence-corrected chi connectivity index (χ0v) is 16.0. The number of nitrogens with one attached hydrogen (secondary N) is 1. The summed E-state index contributed by atoms with van der Waals surface area (Å²) in [5.74, 6) is -0.288. The molecule has 0 aliphatic carbocycles. The van der Waals surface area contributed by atoms with Crippen LogP contribution in [0.1, 0.15) is 23.2 Å². The van der Waals surface area contributed by atoms with Crippen molar-refractivity contribution in [2.24, 2.45) is 5.92 Å². The second-order valence-corrected chi connectivity index (χ2v) is 7.40. The third-order valence-corrected chi connectivity index (χ3v) is 5.17. The van der Waals surface area contributed by atoms with Gasteiger partial charge in [0.05, 0.1) is 11.6 Å². The molecule has 0 bridgehead atoms. The fourth-order valence-corrected chi connectivity index (χ4v) is 3.58. The van der Waals surface area contributed by atoms with Gasteiger partial charge in [0.15, 0.2) is 0 Å². The van der Waals surface area contributed by atoms with Gasteiger partial charge < -0.3 is 14.6 Å². The first-order valence-corrected chi connectivity index (χ1v) is 9.62. The number of aromatic nitrogens is 2. The van der Waals surface area contributed by atoms with Crippen molar-refractivity contribution in [2.45, 2.75) is 26.3 Å². The van der Waals surface area contributed by atoms with Crippen LogP contribution in [0.4, 0.5) is 0 Å². The van der Waals surface area contributed by atoms with E-state index in [0.717, 1.165) is 16.9 Å². The number of carbonyl (C=O) groups excluding carboxylic acids is 2. The molecule has 144 valence electrons. The van der Waals surface area contributed by atoms with E-state index in [-0.39, 0.29) is 24.2 Å². The molecule has 2 amide bonds. The summed E-state index contributed by atoms with van der Waals surface area (Å²) in [6.07, 6.45) is 4.88. The van der Waals surface area contributed by atoms with Gasteiger partial charge in [0.1, 0.15) is 5.65 Å². The Morgan fingerprint density at radius 1 is 1.21 bits per heavy atom. The average molecular weight is 376 g/mol. The lowest BCUT2D eigenvalue weighted by Crippen LogP contribution is -2.34. The summed E-state index contributed by atoms with van der Waals surface area (Å²) < 4.78 is 1.97. The van der Waals surface area contributed by atoms with Gasteiger partial charge in [0.25, 0.3) is 0 Å². The molecule has 1 N–H and O–H groups in total. The van der Waals surface area contributed by atoms with Gasteiger partial charge >= 0.3 is 0 Å². The molecular formula is C22H24N4O2. The number of hydrogen-bond donors (Lipinski definition) is 1. The van der Waals surface area contributed by atoms with Crippen LogP contribution in [0.5, 0.6) is 0 Å². The first kappa shape index (κ1) is 18.2.